The molecule has 17 heavy (non-hydrogen) atoms. The van der Waals surface area contributed by atoms with Gasteiger partial charge in [0, 0.05) is 6.42 Å². The summed E-state index contributed by atoms with van der Waals surface area (Å²) in [6.45, 7) is 0. The Labute approximate surface area is 101 Å². The van der Waals surface area contributed by atoms with Gasteiger partial charge in [0.1, 0.15) is 5.75 Å². The standard InChI is InChI=1S/C12H15NO3S/c1-13-17(14,15)12-6-4-9-7-11(16-2)5-3-10(9)8-12/h3,5-7,13H,4,8H2,1-2H3. The van der Waals surface area contributed by atoms with Crippen molar-refractivity contribution in [3.05, 3.63) is 40.3 Å². The van der Waals surface area contributed by atoms with Gasteiger partial charge in [0.2, 0.25) is 10.0 Å². The highest BCUT2D eigenvalue weighted by atomic mass is 32.2. The van der Waals surface area contributed by atoms with Crippen LogP contribution >= 0.6 is 0 Å². The molecule has 0 heterocycles. The Morgan fingerprint density at radius 3 is 2.71 bits per heavy atom. The summed E-state index contributed by atoms with van der Waals surface area (Å²) in [6, 6.07) is 5.73. The highest BCUT2D eigenvalue weighted by molar-refractivity contribution is 7.93. The Kier molecular flexibility index (Phi) is 3.22. The molecule has 0 radical (unpaired) electrons. The number of fused-ring (bicyclic) bond motifs is 1. The molecule has 0 saturated carbocycles. The van der Waals surface area contributed by atoms with E-state index in [0.717, 1.165) is 16.9 Å². The molecular formula is C12H15NO3S. The molecule has 0 aromatic heterocycles. The van der Waals surface area contributed by atoms with Crippen molar-refractivity contribution in [2.45, 2.75) is 12.8 Å². The van der Waals surface area contributed by atoms with Gasteiger partial charge in [0.05, 0.1) is 12.0 Å². The molecule has 0 amide bonds. The van der Waals surface area contributed by atoms with E-state index in [0.29, 0.717) is 17.7 Å². The Balaban J connectivity index is 2.33. The molecule has 1 N–H and O–H groups in total. The fourth-order valence-electron chi connectivity index (χ4n) is 1.91. The van der Waals surface area contributed by atoms with Crippen LogP contribution < -0.4 is 9.46 Å². The predicted octanol–water partition coefficient (Wildman–Crippen LogP) is 1.23. The number of ether oxygens (including phenoxy) is 1. The van der Waals surface area contributed by atoms with Gasteiger partial charge < -0.3 is 4.74 Å². The third-order valence-electron chi connectivity index (χ3n) is 2.94. The molecule has 1 aromatic rings. The third-order valence-corrected chi connectivity index (χ3v) is 4.48. The van der Waals surface area contributed by atoms with Crippen molar-refractivity contribution in [2.24, 2.45) is 0 Å². The topological polar surface area (TPSA) is 55.4 Å². The monoisotopic (exact) mass is 253 g/mol. The number of methoxy groups -OCH3 is 1. The smallest absolute Gasteiger partial charge is 0.236 e. The molecule has 0 atom stereocenters. The zero-order valence-electron chi connectivity index (χ0n) is 9.86. The third kappa shape index (κ3) is 2.35. The molecule has 0 saturated heterocycles. The van der Waals surface area contributed by atoms with Crippen molar-refractivity contribution in [1.29, 1.82) is 0 Å². The second-order valence-corrected chi connectivity index (χ2v) is 5.83. The summed E-state index contributed by atoms with van der Waals surface area (Å²) >= 11 is 0. The van der Waals surface area contributed by atoms with E-state index in [1.165, 1.54) is 7.05 Å². The number of allylic oxidation sites excluding steroid dienone is 2. The van der Waals surface area contributed by atoms with Crippen LogP contribution in [0.25, 0.3) is 0 Å². The normalized spacial score (nSPS) is 15.1. The lowest BCUT2D eigenvalue weighted by Crippen LogP contribution is -2.23. The van der Waals surface area contributed by atoms with E-state index < -0.39 is 10.0 Å². The van der Waals surface area contributed by atoms with E-state index in [2.05, 4.69) is 4.72 Å². The maximum Gasteiger partial charge on any atom is 0.236 e. The summed E-state index contributed by atoms with van der Waals surface area (Å²) in [7, 11) is -0.247. The van der Waals surface area contributed by atoms with Gasteiger partial charge in [0.15, 0.2) is 0 Å². The lowest BCUT2D eigenvalue weighted by atomic mass is 9.96. The van der Waals surface area contributed by atoms with Crippen molar-refractivity contribution in [1.82, 2.24) is 4.72 Å². The number of rotatable bonds is 3. The first-order valence-corrected chi connectivity index (χ1v) is 6.83. The maximum atomic E-state index is 11.7. The minimum atomic E-state index is -3.30. The van der Waals surface area contributed by atoms with E-state index in [1.807, 2.05) is 18.2 Å². The van der Waals surface area contributed by atoms with E-state index in [4.69, 9.17) is 4.74 Å². The minimum Gasteiger partial charge on any atom is -0.497 e. The van der Waals surface area contributed by atoms with Gasteiger partial charge in [-0.25, -0.2) is 13.1 Å². The van der Waals surface area contributed by atoms with E-state index in [9.17, 15) is 8.42 Å². The largest absolute Gasteiger partial charge is 0.497 e. The summed E-state index contributed by atoms with van der Waals surface area (Å²) in [6.07, 6.45) is 2.83. The quantitative estimate of drug-likeness (QED) is 0.881. The Hall–Kier alpha value is -1.33. The molecule has 0 bridgehead atoms. The van der Waals surface area contributed by atoms with Gasteiger partial charge >= 0.3 is 0 Å². The van der Waals surface area contributed by atoms with Gasteiger partial charge in [0.25, 0.3) is 0 Å². The van der Waals surface area contributed by atoms with Gasteiger partial charge in [-0.05, 0) is 36.7 Å². The summed E-state index contributed by atoms with van der Waals surface area (Å²) in [5.41, 5.74) is 2.17. The van der Waals surface area contributed by atoms with Crippen LogP contribution in [0.1, 0.15) is 11.1 Å². The van der Waals surface area contributed by atoms with Crippen LogP contribution in [0.15, 0.2) is 29.2 Å². The minimum absolute atomic E-state index is 0.442. The first-order valence-electron chi connectivity index (χ1n) is 5.35. The average molecular weight is 253 g/mol. The molecule has 1 aliphatic carbocycles. The Morgan fingerprint density at radius 1 is 1.29 bits per heavy atom. The van der Waals surface area contributed by atoms with Gasteiger partial charge in [-0.3, -0.25) is 0 Å². The second-order valence-electron chi connectivity index (χ2n) is 3.89. The zero-order chi connectivity index (χ0) is 12.5. The number of hydrogen-bond acceptors (Lipinski definition) is 3. The number of sulfonamides is 1. The fourth-order valence-corrected chi connectivity index (χ4v) is 2.82. The van der Waals surface area contributed by atoms with Crippen LogP contribution in [-0.2, 0) is 22.9 Å². The molecule has 1 aromatic carbocycles. The first kappa shape index (κ1) is 12.1. The first-order chi connectivity index (χ1) is 8.06. The Bertz CT molecular complexity index is 561. The molecule has 0 unspecified atom stereocenters. The SMILES string of the molecule is CNS(=O)(=O)C1=CCc2cc(OC)ccc2C1. The summed E-state index contributed by atoms with van der Waals surface area (Å²) in [5, 5.41) is 0. The molecule has 1 aliphatic rings. The van der Waals surface area contributed by atoms with Gasteiger partial charge in [-0.15, -0.1) is 0 Å². The molecule has 2 rings (SSSR count). The van der Waals surface area contributed by atoms with Crippen LogP contribution in [0.4, 0.5) is 0 Å². The van der Waals surface area contributed by atoms with Crippen LogP contribution in [0.5, 0.6) is 5.75 Å². The molecule has 0 spiro atoms. The van der Waals surface area contributed by atoms with Crippen LogP contribution in [0.2, 0.25) is 0 Å². The summed E-state index contributed by atoms with van der Waals surface area (Å²) in [5.74, 6) is 0.803. The van der Waals surface area contributed by atoms with E-state index in [1.54, 1.807) is 13.2 Å². The molecule has 4 nitrogen and oxygen atoms in total. The van der Waals surface area contributed by atoms with Crippen molar-refractivity contribution >= 4 is 10.0 Å². The van der Waals surface area contributed by atoms with Gasteiger partial charge in [-0.2, -0.15) is 0 Å². The highest BCUT2D eigenvalue weighted by Crippen LogP contribution is 2.26. The lowest BCUT2D eigenvalue weighted by molar-refractivity contribution is 0.414. The van der Waals surface area contributed by atoms with Crippen LogP contribution in [0, 0.1) is 0 Å². The molecule has 92 valence electrons. The number of benzene rings is 1. The number of hydrogen-bond donors (Lipinski definition) is 1. The van der Waals surface area contributed by atoms with Crippen LogP contribution in [0.3, 0.4) is 0 Å². The molecule has 0 aliphatic heterocycles. The molecule has 0 fully saturated rings. The molecule has 5 heteroatoms. The van der Waals surface area contributed by atoms with Crippen molar-refractivity contribution in [3.63, 3.8) is 0 Å². The lowest BCUT2D eigenvalue weighted by Gasteiger charge is -2.17. The van der Waals surface area contributed by atoms with Crippen molar-refractivity contribution < 1.29 is 13.2 Å². The zero-order valence-corrected chi connectivity index (χ0v) is 10.7. The van der Waals surface area contributed by atoms with Crippen molar-refractivity contribution in [3.8, 4) is 5.75 Å². The van der Waals surface area contributed by atoms with E-state index >= 15 is 0 Å². The average Bonchev–Trinajstić information content (AvgIpc) is 2.37. The van der Waals surface area contributed by atoms with Crippen molar-refractivity contribution in [2.75, 3.05) is 14.2 Å². The van der Waals surface area contributed by atoms with Gasteiger partial charge in [-0.1, -0.05) is 12.1 Å². The van der Waals surface area contributed by atoms with E-state index in [-0.39, 0.29) is 0 Å². The summed E-state index contributed by atoms with van der Waals surface area (Å²) < 4.78 is 30.9. The number of nitrogens with one attached hydrogen (secondary N) is 1. The highest BCUT2D eigenvalue weighted by Gasteiger charge is 2.20. The Morgan fingerprint density at radius 2 is 2.06 bits per heavy atom. The maximum absolute atomic E-state index is 11.7. The predicted molar refractivity (Wildman–Crippen MR) is 66.5 cm³/mol. The van der Waals surface area contributed by atoms with Crippen LogP contribution in [-0.4, -0.2) is 22.6 Å². The second kappa shape index (κ2) is 4.50. The fraction of sp³-hybridized carbons (Fsp3) is 0.333. The molecular weight excluding hydrogens is 238 g/mol. The summed E-state index contributed by atoms with van der Waals surface area (Å²) in [4.78, 5) is 0.442.